The minimum absolute atomic E-state index is 0.0587. The molecule has 2 aromatic carbocycles. The molecule has 0 spiro atoms. The van der Waals surface area contributed by atoms with E-state index in [0.717, 1.165) is 0 Å². The Hall–Kier alpha value is -3.41. The number of benzene rings is 2. The van der Waals surface area contributed by atoms with E-state index in [0.29, 0.717) is 27.9 Å². The van der Waals surface area contributed by atoms with Gasteiger partial charge < -0.3 is 13.9 Å². The lowest BCUT2D eigenvalue weighted by Crippen LogP contribution is -2.33. The molecule has 4 rings (SSSR count). The Morgan fingerprint density at radius 2 is 1.85 bits per heavy atom. The summed E-state index contributed by atoms with van der Waals surface area (Å²) >= 11 is 0. The highest BCUT2D eigenvalue weighted by atomic mass is 19.1. The Kier molecular flexibility index (Phi) is 4.03. The topological polar surface area (TPSA) is 65.7 Å². The van der Waals surface area contributed by atoms with Crippen molar-refractivity contribution < 1.29 is 23.1 Å². The largest absolute Gasteiger partial charge is 0.488 e. The van der Waals surface area contributed by atoms with E-state index in [-0.39, 0.29) is 13.0 Å². The molecule has 1 aliphatic heterocycles. The van der Waals surface area contributed by atoms with Gasteiger partial charge in [-0.15, -0.1) is 0 Å². The van der Waals surface area contributed by atoms with Crippen LogP contribution < -0.4 is 10.4 Å². The van der Waals surface area contributed by atoms with Crippen molar-refractivity contribution >= 4 is 16.9 Å². The van der Waals surface area contributed by atoms with E-state index < -0.39 is 23.0 Å². The summed E-state index contributed by atoms with van der Waals surface area (Å²) in [4.78, 5) is 23.8. The Balaban J connectivity index is 1.72. The third-order valence-corrected chi connectivity index (χ3v) is 4.52. The van der Waals surface area contributed by atoms with Gasteiger partial charge in [0.2, 0.25) is 0 Å². The van der Waals surface area contributed by atoms with Gasteiger partial charge in [-0.2, -0.15) is 0 Å². The summed E-state index contributed by atoms with van der Waals surface area (Å²) in [5, 5.41) is 0.620. The van der Waals surface area contributed by atoms with E-state index >= 15 is 0 Å². The van der Waals surface area contributed by atoms with E-state index in [2.05, 4.69) is 6.58 Å². The van der Waals surface area contributed by atoms with Crippen molar-refractivity contribution in [1.82, 2.24) is 0 Å². The average molecular weight is 366 g/mol. The third-order valence-electron chi connectivity index (χ3n) is 4.52. The molecule has 0 saturated carbocycles. The molecule has 2 heterocycles. The lowest BCUT2D eigenvalue weighted by Gasteiger charge is -2.28. The zero-order chi connectivity index (χ0) is 19.0. The fraction of sp³-hybridized carbons (Fsp3) is 0.143. The van der Waals surface area contributed by atoms with E-state index in [1.165, 1.54) is 18.2 Å². The van der Waals surface area contributed by atoms with Gasteiger partial charge in [0.05, 0.1) is 11.5 Å². The number of fused-ring (bicyclic) bond motifs is 1. The highest BCUT2D eigenvalue weighted by Gasteiger charge is 2.45. The third kappa shape index (κ3) is 3.10. The van der Waals surface area contributed by atoms with Crippen LogP contribution in [0, 0.1) is 5.82 Å². The molecular formula is C21H15FO5. The molecule has 5 nitrogen and oxygen atoms in total. The minimum Gasteiger partial charge on any atom is -0.488 e. The maximum Gasteiger partial charge on any atom is 0.339 e. The second kappa shape index (κ2) is 6.39. The van der Waals surface area contributed by atoms with E-state index in [4.69, 9.17) is 13.9 Å². The monoisotopic (exact) mass is 366 g/mol. The Labute approximate surface area is 153 Å². The summed E-state index contributed by atoms with van der Waals surface area (Å²) in [6, 6.07) is 13.9. The number of cyclic esters (lactones) is 1. The SMILES string of the molecule is C=C1CC(COc2cc(=O)oc3ccccc23)(c2ccc(F)cc2)OC1=O. The Morgan fingerprint density at radius 3 is 2.56 bits per heavy atom. The molecule has 136 valence electrons. The van der Waals surface area contributed by atoms with E-state index in [9.17, 15) is 14.0 Å². The number of ether oxygens (including phenoxy) is 2. The number of esters is 1. The van der Waals surface area contributed by atoms with Gasteiger partial charge in [-0.25, -0.2) is 14.0 Å². The summed E-state index contributed by atoms with van der Waals surface area (Å²) in [5.41, 5.74) is -0.404. The van der Waals surface area contributed by atoms with Crippen LogP contribution in [0.25, 0.3) is 11.0 Å². The molecule has 0 N–H and O–H groups in total. The van der Waals surface area contributed by atoms with Gasteiger partial charge in [0.1, 0.15) is 23.8 Å². The van der Waals surface area contributed by atoms with Crippen LogP contribution >= 0.6 is 0 Å². The standard InChI is InChI=1S/C21H15FO5/c1-13-11-21(27-20(13)24,14-6-8-15(22)9-7-14)12-25-18-10-19(23)26-17-5-3-2-4-16(17)18/h2-10H,1,11-12H2. The second-order valence-electron chi connectivity index (χ2n) is 6.39. The smallest absolute Gasteiger partial charge is 0.339 e. The first-order chi connectivity index (χ1) is 13.0. The Morgan fingerprint density at radius 1 is 1.11 bits per heavy atom. The number of carbonyl (C=O) groups excluding carboxylic acids is 1. The quantitative estimate of drug-likeness (QED) is 0.400. The maximum absolute atomic E-state index is 13.3. The summed E-state index contributed by atoms with van der Waals surface area (Å²) < 4.78 is 29.9. The van der Waals surface area contributed by atoms with Gasteiger partial charge in [-0.05, 0) is 29.8 Å². The predicted molar refractivity (Wildman–Crippen MR) is 95.9 cm³/mol. The normalized spacial score (nSPS) is 19.3. The minimum atomic E-state index is -1.14. The summed E-state index contributed by atoms with van der Waals surface area (Å²) in [6.45, 7) is 3.66. The van der Waals surface area contributed by atoms with Gasteiger partial charge in [0.25, 0.3) is 0 Å². The molecule has 3 aromatic rings. The number of hydrogen-bond donors (Lipinski definition) is 0. The molecule has 6 heteroatoms. The zero-order valence-corrected chi connectivity index (χ0v) is 14.2. The van der Waals surface area contributed by atoms with Crippen molar-refractivity contribution in [3.8, 4) is 5.75 Å². The van der Waals surface area contributed by atoms with Crippen LogP contribution in [0.2, 0.25) is 0 Å². The van der Waals surface area contributed by atoms with E-state index in [1.807, 2.05) is 0 Å². The molecular weight excluding hydrogens is 351 g/mol. The molecule has 0 bridgehead atoms. The number of carbonyl (C=O) groups is 1. The molecule has 1 aromatic heterocycles. The van der Waals surface area contributed by atoms with Crippen LogP contribution in [-0.4, -0.2) is 12.6 Å². The van der Waals surface area contributed by atoms with Gasteiger partial charge >= 0.3 is 11.6 Å². The first-order valence-corrected chi connectivity index (χ1v) is 8.30. The molecule has 27 heavy (non-hydrogen) atoms. The van der Waals surface area contributed by atoms with Crippen molar-refractivity contribution in [3.05, 3.63) is 88.6 Å². The lowest BCUT2D eigenvalue weighted by molar-refractivity contribution is -0.150. The number of halogens is 1. The van der Waals surface area contributed by atoms with Crippen LogP contribution in [0.3, 0.4) is 0 Å². The van der Waals surface area contributed by atoms with Crippen molar-refractivity contribution in [3.63, 3.8) is 0 Å². The van der Waals surface area contributed by atoms with Crippen molar-refractivity contribution in [1.29, 1.82) is 0 Å². The van der Waals surface area contributed by atoms with Crippen molar-refractivity contribution in [2.45, 2.75) is 12.0 Å². The molecule has 1 saturated heterocycles. The highest BCUT2D eigenvalue weighted by molar-refractivity contribution is 5.90. The van der Waals surface area contributed by atoms with Crippen molar-refractivity contribution in [2.75, 3.05) is 6.61 Å². The predicted octanol–water partition coefficient (Wildman–Crippen LogP) is 3.71. The highest BCUT2D eigenvalue weighted by Crippen LogP contribution is 2.40. The fourth-order valence-corrected chi connectivity index (χ4v) is 3.18. The van der Waals surface area contributed by atoms with Gasteiger partial charge in [0, 0.05) is 12.0 Å². The molecule has 0 radical (unpaired) electrons. The molecule has 1 atom stereocenters. The first-order valence-electron chi connectivity index (χ1n) is 8.30. The zero-order valence-electron chi connectivity index (χ0n) is 14.2. The number of hydrogen-bond acceptors (Lipinski definition) is 5. The number of rotatable bonds is 4. The molecule has 0 aliphatic carbocycles. The average Bonchev–Trinajstić information content (AvgIpc) is 2.95. The molecule has 1 fully saturated rings. The Bertz CT molecular complexity index is 1080. The van der Waals surface area contributed by atoms with Crippen LogP contribution in [0.5, 0.6) is 5.75 Å². The lowest BCUT2D eigenvalue weighted by atomic mass is 9.90. The second-order valence-corrected chi connectivity index (χ2v) is 6.39. The molecule has 0 amide bonds. The van der Waals surface area contributed by atoms with Crippen LogP contribution in [0.1, 0.15) is 12.0 Å². The summed E-state index contributed by atoms with van der Waals surface area (Å²) in [6.07, 6.45) is 0.205. The fourth-order valence-electron chi connectivity index (χ4n) is 3.18. The molecule has 1 unspecified atom stereocenters. The first kappa shape index (κ1) is 17.0. The number of para-hydroxylation sites is 1. The summed E-state index contributed by atoms with van der Waals surface area (Å²) in [7, 11) is 0. The van der Waals surface area contributed by atoms with Crippen LogP contribution in [0.4, 0.5) is 4.39 Å². The van der Waals surface area contributed by atoms with Crippen molar-refractivity contribution in [2.24, 2.45) is 0 Å². The van der Waals surface area contributed by atoms with Gasteiger partial charge in [-0.1, -0.05) is 30.8 Å². The maximum atomic E-state index is 13.3. The molecule has 1 aliphatic rings. The van der Waals surface area contributed by atoms with E-state index in [1.54, 1.807) is 36.4 Å². The van der Waals surface area contributed by atoms with Crippen LogP contribution in [0.15, 0.2) is 76.0 Å². The van der Waals surface area contributed by atoms with Gasteiger partial charge in [0.15, 0.2) is 5.60 Å². The van der Waals surface area contributed by atoms with Crippen LogP contribution in [-0.2, 0) is 15.1 Å². The summed E-state index contributed by atoms with van der Waals surface area (Å²) in [5.74, 6) is -0.609. The van der Waals surface area contributed by atoms with Gasteiger partial charge in [-0.3, -0.25) is 0 Å².